The molecular weight excluding hydrogens is 378 g/mol. The highest BCUT2D eigenvalue weighted by atomic mass is 79.9. The monoisotopic (exact) mass is 382 g/mol. The van der Waals surface area contributed by atoms with Gasteiger partial charge < -0.3 is 0 Å². The molecule has 0 bridgehead atoms. The summed E-state index contributed by atoms with van der Waals surface area (Å²) >= 11 is 27.5. The van der Waals surface area contributed by atoms with Crippen molar-refractivity contribution >= 4 is 62.3 Å². The largest absolute Gasteiger partial charge is 0.0876 e. The van der Waals surface area contributed by atoms with E-state index in [-0.39, 0.29) is 0 Å². The van der Waals surface area contributed by atoms with Gasteiger partial charge >= 0.3 is 0 Å². The van der Waals surface area contributed by atoms with Gasteiger partial charge in [-0.3, -0.25) is 0 Å². The summed E-state index contributed by atoms with van der Waals surface area (Å²) < 4.78 is 0. The molecule has 0 saturated heterocycles. The molecule has 0 nitrogen and oxygen atoms in total. The predicted octanol–water partition coefficient (Wildman–Crippen LogP) is 6.86. The van der Waals surface area contributed by atoms with Crippen molar-refractivity contribution in [2.24, 2.45) is 0 Å². The Morgan fingerprint density at radius 1 is 0.778 bits per heavy atom. The summed E-state index contributed by atoms with van der Waals surface area (Å²) in [6.45, 7) is 0. The topological polar surface area (TPSA) is 0 Å². The number of halogens is 5. The zero-order valence-corrected chi connectivity index (χ0v) is 13.6. The Bertz CT molecular complexity index is 573. The maximum absolute atomic E-state index is 6.17. The third-order valence-electron chi connectivity index (χ3n) is 2.51. The molecule has 5 heteroatoms. The van der Waals surface area contributed by atoms with Crippen molar-refractivity contribution in [1.29, 1.82) is 0 Å². The number of rotatable bonds is 2. The van der Waals surface area contributed by atoms with Crippen LogP contribution in [0.3, 0.4) is 0 Å². The Kier molecular flexibility index (Phi) is 4.85. The smallest absolute Gasteiger partial charge is 0.0778 e. The average Bonchev–Trinajstić information content (AvgIpc) is 2.35. The van der Waals surface area contributed by atoms with Gasteiger partial charge in [0.05, 0.1) is 15.1 Å². The molecule has 0 saturated carbocycles. The van der Waals surface area contributed by atoms with Gasteiger partial charge in [-0.25, -0.2) is 0 Å². The van der Waals surface area contributed by atoms with E-state index in [2.05, 4.69) is 15.9 Å². The maximum atomic E-state index is 6.17. The van der Waals surface area contributed by atoms with Crippen LogP contribution in [0.2, 0.25) is 20.1 Å². The second kappa shape index (κ2) is 6.02. The van der Waals surface area contributed by atoms with Crippen LogP contribution in [0.4, 0.5) is 0 Å². The summed E-state index contributed by atoms with van der Waals surface area (Å²) in [7, 11) is 0. The number of hydrogen-bond donors (Lipinski definition) is 0. The fourth-order valence-electron chi connectivity index (χ4n) is 1.56. The van der Waals surface area contributed by atoms with Crippen LogP contribution >= 0.6 is 62.3 Å². The van der Waals surface area contributed by atoms with Crippen molar-refractivity contribution in [2.45, 2.75) is 5.33 Å². The summed E-state index contributed by atoms with van der Waals surface area (Å²) in [6.07, 6.45) is 0. The average molecular weight is 385 g/mol. The second-order valence-electron chi connectivity index (χ2n) is 3.69. The summed E-state index contributed by atoms with van der Waals surface area (Å²) in [5.74, 6) is 0. The highest BCUT2D eigenvalue weighted by molar-refractivity contribution is 9.08. The fourth-order valence-corrected chi connectivity index (χ4v) is 3.05. The van der Waals surface area contributed by atoms with Crippen LogP contribution in [0.15, 0.2) is 30.3 Å². The normalized spacial score (nSPS) is 10.7. The summed E-state index contributed by atoms with van der Waals surface area (Å²) in [4.78, 5) is 0. The highest BCUT2D eigenvalue weighted by Gasteiger charge is 2.09. The predicted molar refractivity (Wildman–Crippen MR) is 84.5 cm³/mol. The zero-order valence-electron chi connectivity index (χ0n) is 8.98. The Morgan fingerprint density at radius 2 is 1.33 bits per heavy atom. The lowest BCUT2D eigenvalue weighted by atomic mass is 10.0. The first-order valence-electron chi connectivity index (χ1n) is 5.02. The van der Waals surface area contributed by atoms with E-state index in [4.69, 9.17) is 46.4 Å². The molecule has 0 heterocycles. The summed E-state index contributed by atoms with van der Waals surface area (Å²) in [6, 6.07) is 9.36. The quantitative estimate of drug-likeness (QED) is 0.391. The third-order valence-corrected chi connectivity index (χ3v) is 4.67. The molecule has 0 N–H and O–H groups in total. The van der Waals surface area contributed by atoms with E-state index in [1.54, 1.807) is 12.1 Å². The van der Waals surface area contributed by atoms with Crippen LogP contribution in [0.1, 0.15) is 5.56 Å². The summed E-state index contributed by atoms with van der Waals surface area (Å²) in [5.41, 5.74) is 2.87. The van der Waals surface area contributed by atoms with E-state index in [0.29, 0.717) is 25.4 Å². The lowest BCUT2D eigenvalue weighted by Crippen LogP contribution is -1.84. The minimum atomic E-state index is 0.366. The molecule has 0 aliphatic carbocycles. The van der Waals surface area contributed by atoms with Gasteiger partial charge in [-0.15, -0.1) is 0 Å². The van der Waals surface area contributed by atoms with Crippen molar-refractivity contribution < 1.29 is 0 Å². The van der Waals surface area contributed by atoms with Crippen LogP contribution < -0.4 is 0 Å². The van der Waals surface area contributed by atoms with Crippen LogP contribution in [0.25, 0.3) is 11.1 Å². The molecule has 2 aromatic rings. The molecule has 0 aliphatic rings. The van der Waals surface area contributed by atoms with Crippen molar-refractivity contribution in [3.63, 3.8) is 0 Å². The van der Waals surface area contributed by atoms with Crippen LogP contribution in [-0.4, -0.2) is 0 Å². The molecule has 0 spiro atoms. The van der Waals surface area contributed by atoms with Crippen LogP contribution in [0, 0.1) is 0 Å². The Balaban J connectivity index is 2.52. The zero-order chi connectivity index (χ0) is 13.3. The van der Waals surface area contributed by atoms with E-state index in [1.165, 1.54) is 0 Å². The van der Waals surface area contributed by atoms with E-state index in [1.807, 2.05) is 18.2 Å². The molecule has 2 rings (SSSR count). The minimum Gasteiger partial charge on any atom is -0.0876 e. The maximum Gasteiger partial charge on any atom is 0.0778 e. The van der Waals surface area contributed by atoms with Gasteiger partial charge in [-0.1, -0.05) is 74.5 Å². The SMILES string of the molecule is Clc1cc(-c2cc(Cl)c(Cl)c(Cl)c2)ccc1CBr. The standard InChI is InChI=1S/C13H7BrCl4/c14-6-8-2-1-7(3-10(8)15)9-4-11(16)13(18)12(17)5-9/h1-5H,6H2. The molecule has 0 radical (unpaired) electrons. The molecule has 0 atom stereocenters. The van der Waals surface area contributed by atoms with Gasteiger partial charge in [0.2, 0.25) is 0 Å². The molecule has 94 valence electrons. The molecule has 0 unspecified atom stereocenters. The van der Waals surface area contributed by atoms with Gasteiger partial charge in [0, 0.05) is 10.4 Å². The first-order chi connectivity index (χ1) is 8.52. The number of hydrogen-bond acceptors (Lipinski definition) is 0. The highest BCUT2D eigenvalue weighted by Crippen LogP contribution is 2.36. The van der Waals surface area contributed by atoms with Gasteiger partial charge in [0.25, 0.3) is 0 Å². The Labute approximate surface area is 134 Å². The van der Waals surface area contributed by atoms with E-state index in [9.17, 15) is 0 Å². The Hall–Kier alpha value is 0.0800. The van der Waals surface area contributed by atoms with Gasteiger partial charge in [0.1, 0.15) is 0 Å². The number of benzene rings is 2. The fraction of sp³-hybridized carbons (Fsp3) is 0.0769. The second-order valence-corrected chi connectivity index (χ2v) is 5.85. The van der Waals surface area contributed by atoms with E-state index in [0.717, 1.165) is 16.7 Å². The van der Waals surface area contributed by atoms with Crippen LogP contribution in [0.5, 0.6) is 0 Å². The Morgan fingerprint density at radius 3 is 1.83 bits per heavy atom. The molecule has 0 amide bonds. The van der Waals surface area contributed by atoms with Crippen molar-refractivity contribution in [2.75, 3.05) is 0 Å². The molecule has 0 aromatic heterocycles. The van der Waals surface area contributed by atoms with Gasteiger partial charge in [-0.05, 0) is 34.9 Å². The number of alkyl halides is 1. The lowest BCUT2D eigenvalue weighted by molar-refractivity contribution is 1.43. The molecule has 18 heavy (non-hydrogen) atoms. The van der Waals surface area contributed by atoms with Gasteiger partial charge in [0.15, 0.2) is 0 Å². The first kappa shape index (κ1) is 14.5. The molecular formula is C13H7BrCl4. The molecule has 2 aromatic carbocycles. The van der Waals surface area contributed by atoms with E-state index < -0.39 is 0 Å². The molecule has 0 fully saturated rings. The van der Waals surface area contributed by atoms with Crippen molar-refractivity contribution in [3.8, 4) is 11.1 Å². The van der Waals surface area contributed by atoms with Crippen molar-refractivity contribution in [1.82, 2.24) is 0 Å². The van der Waals surface area contributed by atoms with Gasteiger partial charge in [-0.2, -0.15) is 0 Å². The van der Waals surface area contributed by atoms with E-state index >= 15 is 0 Å². The first-order valence-corrected chi connectivity index (χ1v) is 7.65. The molecule has 0 aliphatic heterocycles. The van der Waals surface area contributed by atoms with Crippen LogP contribution in [-0.2, 0) is 5.33 Å². The lowest BCUT2D eigenvalue weighted by Gasteiger charge is -2.08. The third kappa shape index (κ3) is 2.97. The summed E-state index contributed by atoms with van der Waals surface area (Å²) in [5, 5.41) is 2.64. The minimum absolute atomic E-state index is 0.366. The van der Waals surface area contributed by atoms with Crippen molar-refractivity contribution in [3.05, 3.63) is 56.0 Å².